The van der Waals surface area contributed by atoms with Crippen molar-refractivity contribution in [2.75, 3.05) is 0 Å². The monoisotopic (exact) mass is 264 g/mol. The molecule has 2 atom stereocenters. The molecule has 2 rings (SSSR count). The van der Waals surface area contributed by atoms with Gasteiger partial charge in [-0.05, 0) is 34.4 Å². The average molecular weight is 264 g/mol. The van der Waals surface area contributed by atoms with E-state index in [1.807, 2.05) is 12.1 Å². The van der Waals surface area contributed by atoms with Gasteiger partial charge in [-0.15, -0.1) is 0 Å². The lowest BCUT2D eigenvalue weighted by atomic mass is 9.74. The number of fused-ring (bicyclic) bond motifs is 1. The molecule has 0 fully saturated rings. The quantitative estimate of drug-likeness (QED) is 0.839. The molecule has 2 heteroatoms. The highest BCUT2D eigenvalue weighted by atomic mass is 14.4. The standard InChI is InChI=1S/C18H20N2/c1-3-7-13-15-9-5-6-10-16(15)14(8-4-2)18(12-20)17(13)11-19/h5-6,9-10,17-18H,3-4,7-8H2,1-2H3/t17-,18-/m1/s1. The normalized spacial score (nSPS) is 21.0. The van der Waals surface area contributed by atoms with Gasteiger partial charge in [-0.1, -0.05) is 51.0 Å². The van der Waals surface area contributed by atoms with Crippen LogP contribution in [0.25, 0.3) is 11.1 Å². The fourth-order valence-corrected chi connectivity index (χ4v) is 3.20. The summed E-state index contributed by atoms with van der Waals surface area (Å²) in [7, 11) is 0. The van der Waals surface area contributed by atoms with Crippen molar-refractivity contribution in [2.45, 2.75) is 39.5 Å². The molecule has 1 aromatic rings. The number of hydrogen-bond acceptors (Lipinski definition) is 2. The first-order valence-electron chi connectivity index (χ1n) is 7.38. The van der Waals surface area contributed by atoms with Crippen LogP contribution in [-0.2, 0) is 0 Å². The van der Waals surface area contributed by atoms with Crippen LogP contribution in [0.4, 0.5) is 0 Å². The van der Waals surface area contributed by atoms with Crippen molar-refractivity contribution in [1.82, 2.24) is 0 Å². The molecule has 0 aliphatic heterocycles. The Balaban J connectivity index is 2.84. The summed E-state index contributed by atoms with van der Waals surface area (Å²) in [6.45, 7) is 4.24. The molecule has 0 saturated carbocycles. The molecule has 0 saturated heterocycles. The Labute approximate surface area is 120 Å². The molecule has 0 aromatic heterocycles. The van der Waals surface area contributed by atoms with Crippen LogP contribution >= 0.6 is 0 Å². The van der Waals surface area contributed by atoms with Gasteiger partial charge >= 0.3 is 0 Å². The van der Waals surface area contributed by atoms with Crippen LogP contribution < -0.4 is 10.4 Å². The van der Waals surface area contributed by atoms with Gasteiger partial charge in [0, 0.05) is 0 Å². The van der Waals surface area contributed by atoms with Gasteiger partial charge in [-0.3, -0.25) is 0 Å². The van der Waals surface area contributed by atoms with Gasteiger partial charge in [0.15, 0.2) is 0 Å². The number of benzene rings is 1. The van der Waals surface area contributed by atoms with Crippen molar-refractivity contribution in [2.24, 2.45) is 11.8 Å². The maximum Gasteiger partial charge on any atom is 0.0878 e. The summed E-state index contributed by atoms with van der Waals surface area (Å²) in [5.41, 5.74) is 2.30. The first-order valence-corrected chi connectivity index (χ1v) is 7.38. The molecule has 0 bridgehead atoms. The Hall–Kier alpha value is -2.06. The lowest BCUT2D eigenvalue weighted by molar-refractivity contribution is 0.664. The van der Waals surface area contributed by atoms with Crippen molar-refractivity contribution in [1.29, 1.82) is 10.5 Å². The van der Waals surface area contributed by atoms with Gasteiger partial charge in [0.25, 0.3) is 0 Å². The van der Waals surface area contributed by atoms with Crippen LogP contribution in [0.1, 0.15) is 39.5 Å². The summed E-state index contributed by atoms with van der Waals surface area (Å²) in [4.78, 5) is 0. The molecule has 102 valence electrons. The molecule has 0 radical (unpaired) electrons. The van der Waals surface area contributed by atoms with Crippen molar-refractivity contribution < 1.29 is 0 Å². The second-order valence-electron chi connectivity index (χ2n) is 5.31. The summed E-state index contributed by atoms with van der Waals surface area (Å²) < 4.78 is 0. The smallest absolute Gasteiger partial charge is 0.0878 e. The van der Waals surface area contributed by atoms with E-state index >= 15 is 0 Å². The predicted molar refractivity (Wildman–Crippen MR) is 80.5 cm³/mol. The van der Waals surface area contributed by atoms with Gasteiger partial charge in [0.1, 0.15) is 0 Å². The van der Waals surface area contributed by atoms with E-state index in [0.29, 0.717) is 0 Å². The highest BCUT2D eigenvalue weighted by Gasteiger charge is 2.31. The molecule has 0 amide bonds. The number of rotatable bonds is 4. The summed E-state index contributed by atoms with van der Waals surface area (Å²) in [6, 6.07) is 13.0. The largest absolute Gasteiger partial charge is 0.198 e. The fraction of sp³-hybridized carbons (Fsp3) is 0.444. The third-order valence-corrected chi connectivity index (χ3v) is 4.02. The van der Waals surface area contributed by atoms with Crippen LogP contribution in [0.5, 0.6) is 0 Å². The van der Waals surface area contributed by atoms with Crippen LogP contribution in [0.3, 0.4) is 0 Å². The maximum absolute atomic E-state index is 9.57. The highest BCUT2D eigenvalue weighted by molar-refractivity contribution is 5.66. The highest BCUT2D eigenvalue weighted by Crippen LogP contribution is 2.33. The molecule has 0 N–H and O–H groups in total. The number of nitrogens with zero attached hydrogens (tertiary/aromatic N) is 2. The van der Waals surface area contributed by atoms with Crippen LogP contribution in [0, 0.1) is 34.5 Å². The second-order valence-corrected chi connectivity index (χ2v) is 5.31. The van der Waals surface area contributed by atoms with Crippen molar-refractivity contribution in [3.05, 3.63) is 34.7 Å². The molecule has 1 aromatic carbocycles. The molecule has 2 nitrogen and oxygen atoms in total. The molecule has 0 unspecified atom stereocenters. The zero-order valence-electron chi connectivity index (χ0n) is 12.2. The first-order chi connectivity index (χ1) is 9.78. The van der Waals surface area contributed by atoms with E-state index < -0.39 is 0 Å². The van der Waals surface area contributed by atoms with Crippen LogP contribution in [0.2, 0.25) is 0 Å². The summed E-state index contributed by atoms with van der Waals surface area (Å²) in [5.74, 6) is -0.562. The molecule has 1 aliphatic carbocycles. The topological polar surface area (TPSA) is 47.6 Å². The van der Waals surface area contributed by atoms with E-state index in [2.05, 4.69) is 38.1 Å². The van der Waals surface area contributed by atoms with E-state index in [9.17, 15) is 10.5 Å². The summed E-state index contributed by atoms with van der Waals surface area (Å²) >= 11 is 0. The van der Waals surface area contributed by atoms with Gasteiger partial charge < -0.3 is 0 Å². The average Bonchev–Trinajstić information content (AvgIpc) is 2.49. The van der Waals surface area contributed by atoms with Crippen molar-refractivity contribution >= 4 is 11.1 Å². The summed E-state index contributed by atoms with van der Waals surface area (Å²) in [5, 5.41) is 21.5. The van der Waals surface area contributed by atoms with E-state index in [4.69, 9.17) is 0 Å². The molecule has 1 aliphatic rings. The zero-order chi connectivity index (χ0) is 14.5. The van der Waals surface area contributed by atoms with Crippen LogP contribution in [-0.4, -0.2) is 0 Å². The van der Waals surface area contributed by atoms with Gasteiger partial charge in [0.2, 0.25) is 0 Å². The molecule has 0 spiro atoms. The minimum Gasteiger partial charge on any atom is -0.198 e. The third-order valence-electron chi connectivity index (χ3n) is 4.02. The number of nitriles is 2. The second kappa shape index (κ2) is 6.40. The predicted octanol–water partition coefficient (Wildman–Crippen LogP) is 2.88. The third kappa shape index (κ3) is 2.35. The van der Waals surface area contributed by atoms with E-state index in [1.165, 1.54) is 10.4 Å². The van der Waals surface area contributed by atoms with Gasteiger partial charge in [-0.25, -0.2) is 0 Å². The number of hydrogen-bond donors (Lipinski definition) is 0. The minimum absolute atomic E-state index is 0.281. The first kappa shape index (κ1) is 14.4. The Kier molecular flexibility index (Phi) is 4.59. The minimum atomic E-state index is -0.281. The molecule has 0 heterocycles. The Morgan fingerprint density at radius 2 is 1.25 bits per heavy atom. The molecule has 20 heavy (non-hydrogen) atoms. The van der Waals surface area contributed by atoms with E-state index in [1.54, 1.807) is 0 Å². The Bertz CT molecular complexity index is 624. The van der Waals surface area contributed by atoms with Crippen molar-refractivity contribution in [3.8, 4) is 12.1 Å². The van der Waals surface area contributed by atoms with Crippen LogP contribution in [0.15, 0.2) is 24.3 Å². The van der Waals surface area contributed by atoms with Gasteiger partial charge in [-0.2, -0.15) is 10.5 Å². The van der Waals surface area contributed by atoms with E-state index in [-0.39, 0.29) is 11.8 Å². The Morgan fingerprint density at radius 3 is 1.55 bits per heavy atom. The van der Waals surface area contributed by atoms with Gasteiger partial charge in [0.05, 0.1) is 24.0 Å². The summed E-state index contributed by atoms with van der Waals surface area (Å²) in [6.07, 6.45) is 3.80. The van der Waals surface area contributed by atoms with E-state index in [0.717, 1.165) is 36.8 Å². The zero-order valence-corrected chi connectivity index (χ0v) is 12.2. The lowest BCUT2D eigenvalue weighted by Gasteiger charge is -2.26. The molecular weight excluding hydrogens is 244 g/mol. The SMILES string of the molecule is CCCC1=c2ccccc2=C(CCC)[C@@H](C#N)[C@@H]1C#N. The molecular formula is C18H20N2. The maximum atomic E-state index is 9.57. The van der Waals surface area contributed by atoms with Crippen molar-refractivity contribution in [3.63, 3.8) is 0 Å². The Morgan fingerprint density at radius 1 is 0.850 bits per heavy atom. The lowest BCUT2D eigenvalue weighted by Crippen LogP contribution is -2.39. The fourth-order valence-electron chi connectivity index (χ4n) is 3.20.